The number of rotatable bonds is 3. The molecule has 1 aliphatic rings. The fourth-order valence-corrected chi connectivity index (χ4v) is 3.26. The van der Waals surface area contributed by atoms with Crippen LogP contribution in [-0.2, 0) is 23.1 Å². The zero-order chi connectivity index (χ0) is 14.9. The molecule has 0 radical (unpaired) electrons. The van der Waals surface area contributed by atoms with Crippen LogP contribution < -0.4 is 4.74 Å². The first-order valence-electron chi connectivity index (χ1n) is 6.68. The normalized spacial score (nSPS) is 19.8. The van der Waals surface area contributed by atoms with Gasteiger partial charge in [0.2, 0.25) is 10.0 Å². The molecule has 1 aliphatic heterocycles. The van der Waals surface area contributed by atoms with Gasteiger partial charge in [0.25, 0.3) is 0 Å². The van der Waals surface area contributed by atoms with Crippen LogP contribution in [0.2, 0.25) is 0 Å². The Kier molecular flexibility index (Phi) is 3.69. The van der Waals surface area contributed by atoms with Crippen molar-refractivity contribution in [1.82, 2.24) is 13.9 Å². The Morgan fingerprint density at radius 2 is 2.14 bits per heavy atom. The number of ether oxygens (including phenoxy) is 1. The number of aromatic nitrogens is 2. The van der Waals surface area contributed by atoms with E-state index in [1.54, 1.807) is 18.5 Å². The van der Waals surface area contributed by atoms with E-state index in [0.29, 0.717) is 25.4 Å². The van der Waals surface area contributed by atoms with Gasteiger partial charge in [-0.3, -0.25) is 4.98 Å². The van der Waals surface area contributed by atoms with Gasteiger partial charge >= 0.3 is 0 Å². The highest BCUT2D eigenvalue weighted by molar-refractivity contribution is 7.88. The number of hydrogen-bond donors (Lipinski definition) is 0. The molecule has 0 saturated heterocycles. The van der Waals surface area contributed by atoms with Gasteiger partial charge in [-0.15, -0.1) is 0 Å². The molecular weight excluding hydrogens is 290 g/mol. The number of fused-ring (bicyclic) bond motifs is 1. The first-order valence-corrected chi connectivity index (χ1v) is 8.53. The Morgan fingerprint density at radius 1 is 1.29 bits per heavy atom. The van der Waals surface area contributed by atoms with Crippen molar-refractivity contribution < 1.29 is 13.2 Å². The van der Waals surface area contributed by atoms with Gasteiger partial charge < -0.3 is 9.30 Å². The molecule has 7 heteroatoms. The molecule has 3 heterocycles. The summed E-state index contributed by atoms with van der Waals surface area (Å²) in [4.78, 5) is 4.01. The molecule has 0 unspecified atom stereocenters. The average Bonchev–Trinajstić information content (AvgIpc) is 2.78. The molecule has 2 aromatic rings. The van der Waals surface area contributed by atoms with Gasteiger partial charge in [0, 0.05) is 18.1 Å². The zero-order valence-corrected chi connectivity index (χ0v) is 12.5. The Balaban J connectivity index is 1.87. The number of sulfonamides is 1. The summed E-state index contributed by atoms with van der Waals surface area (Å²) in [5.74, 6) is 0.645. The summed E-state index contributed by atoms with van der Waals surface area (Å²) < 4.78 is 33.2. The number of pyridine rings is 1. The lowest BCUT2D eigenvalue weighted by Gasteiger charge is -2.22. The molecular formula is C14H17N3O3S. The Labute approximate surface area is 124 Å². The standard InChI is InChI=1S/C14H17N3O3S/c1-21(18,19)17-9-12-4-3-7-16(12)10-14(11-17)20-13-5-2-6-15-8-13/h2-8,14H,9-11H2,1H3/t14-/m0/s1. The molecule has 3 rings (SSSR count). The molecule has 0 fully saturated rings. The van der Waals surface area contributed by atoms with Crippen molar-refractivity contribution >= 4 is 10.0 Å². The minimum absolute atomic E-state index is 0.252. The molecule has 6 nitrogen and oxygen atoms in total. The van der Waals surface area contributed by atoms with Gasteiger partial charge in [-0.1, -0.05) is 0 Å². The van der Waals surface area contributed by atoms with Crippen LogP contribution in [0.5, 0.6) is 5.75 Å². The number of hydrogen-bond acceptors (Lipinski definition) is 4. The van der Waals surface area contributed by atoms with Crippen molar-refractivity contribution in [1.29, 1.82) is 0 Å². The molecule has 2 aromatic heterocycles. The summed E-state index contributed by atoms with van der Waals surface area (Å²) in [6, 6.07) is 7.47. The van der Waals surface area contributed by atoms with Crippen molar-refractivity contribution in [3.8, 4) is 5.75 Å². The van der Waals surface area contributed by atoms with E-state index in [4.69, 9.17) is 4.74 Å². The molecule has 0 amide bonds. The second-order valence-electron chi connectivity index (χ2n) is 5.14. The Hall–Kier alpha value is -1.86. The van der Waals surface area contributed by atoms with Gasteiger partial charge in [0.15, 0.2) is 0 Å². The maximum atomic E-state index is 11.9. The second kappa shape index (κ2) is 5.50. The van der Waals surface area contributed by atoms with E-state index in [1.165, 1.54) is 10.6 Å². The Morgan fingerprint density at radius 3 is 2.86 bits per heavy atom. The van der Waals surface area contributed by atoms with E-state index in [0.717, 1.165) is 5.69 Å². The minimum atomic E-state index is -3.27. The first kappa shape index (κ1) is 14.1. The van der Waals surface area contributed by atoms with Gasteiger partial charge in [-0.25, -0.2) is 8.42 Å². The lowest BCUT2D eigenvalue weighted by molar-refractivity contribution is 0.160. The van der Waals surface area contributed by atoms with Crippen LogP contribution in [0.25, 0.3) is 0 Å². The summed E-state index contributed by atoms with van der Waals surface area (Å²) >= 11 is 0. The molecule has 0 saturated carbocycles. The summed E-state index contributed by atoms with van der Waals surface area (Å²) in [6.45, 7) is 1.32. The second-order valence-corrected chi connectivity index (χ2v) is 7.12. The predicted octanol–water partition coefficient (Wildman–Crippen LogP) is 1.11. The highest BCUT2D eigenvalue weighted by Crippen LogP contribution is 2.19. The van der Waals surface area contributed by atoms with E-state index in [9.17, 15) is 8.42 Å². The van der Waals surface area contributed by atoms with Crippen molar-refractivity contribution in [3.63, 3.8) is 0 Å². The largest absolute Gasteiger partial charge is 0.486 e. The van der Waals surface area contributed by atoms with E-state index < -0.39 is 10.0 Å². The summed E-state index contributed by atoms with van der Waals surface area (Å²) in [5.41, 5.74) is 0.970. The quantitative estimate of drug-likeness (QED) is 0.852. The lowest BCUT2D eigenvalue weighted by Crippen LogP contribution is -2.38. The minimum Gasteiger partial charge on any atom is -0.486 e. The highest BCUT2D eigenvalue weighted by Gasteiger charge is 2.28. The van der Waals surface area contributed by atoms with Gasteiger partial charge in [-0.05, 0) is 24.3 Å². The van der Waals surface area contributed by atoms with Crippen LogP contribution in [0.1, 0.15) is 5.69 Å². The number of nitrogens with zero attached hydrogens (tertiary/aromatic N) is 3. The van der Waals surface area contributed by atoms with Crippen LogP contribution >= 0.6 is 0 Å². The zero-order valence-electron chi connectivity index (χ0n) is 11.7. The average molecular weight is 307 g/mol. The van der Waals surface area contributed by atoms with Gasteiger partial charge in [0.1, 0.15) is 11.9 Å². The third-order valence-corrected chi connectivity index (χ3v) is 4.69. The maximum Gasteiger partial charge on any atom is 0.211 e. The summed E-state index contributed by atoms with van der Waals surface area (Å²) in [6.07, 6.45) is 6.23. The van der Waals surface area contributed by atoms with Crippen LogP contribution in [0.15, 0.2) is 42.9 Å². The van der Waals surface area contributed by atoms with Gasteiger partial charge in [0.05, 0.1) is 32.1 Å². The molecule has 0 N–H and O–H groups in total. The SMILES string of the molecule is CS(=O)(=O)N1Cc2cccn2C[C@H](Oc2cccnc2)C1. The fraction of sp³-hybridized carbons (Fsp3) is 0.357. The van der Waals surface area contributed by atoms with Crippen LogP contribution in [-0.4, -0.2) is 41.2 Å². The fourth-order valence-electron chi connectivity index (χ4n) is 2.46. The third-order valence-electron chi connectivity index (χ3n) is 3.48. The molecule has 112 valence electrons. The lowest BCUT2D eigenvalue weighted by atomic mass is 10.3. The summed E-state index contributed by atoms with van der Waals surface area (Å²) in [5, 5.41) is 0. The molecule has 1 atom stereocenters. The maximum absolute atomic E-state index is 11.9. The van der Waals surface area contributed by atoms with Crippen molar-refractivity contribution in [2.45, 2.75) is 19.2 Å². The topological polar surface area (TPSA) is 64.4 Å². The molecule has 21 heavy (non-hydrogen) atoms. The monoisotopic (exact) mass is 307 g/mol. The van der Waals surface area contributed by atoms with E-state index >= 15 is 0 Å². The van der Waals surface area contributed by atoms with Crippen molar-refractivity contribution in [3.05, 3.63) is 48.5 Å². The highest BCUT2D eigenvalue weighted by atomic mass is 32.2. The molecule has 0 bridgehead atoms. The predicted molar refractivity (Wildman–Crippen MR) is 78.3 cm³/mol. The van der Waals surface area contributed by atoms with E-state index in [-0.39, 0.29) is 6.10 Å². The van der Waals surface area contributed by atoms with Crippen molar-refractivity contribution in [2.24, 2.45) is 0 Å². The van der Waals surface area contributed by atoms with E-state index in [1.807, 2.05) is 29.0 Å². The molecule has 0 aliphatic carbocycles. The third kappa shape index (κ3) is 3.25. The van der Waals surface area contributed by atoms with Crippen LogP contribution in [0, 0.1) is 0 Å². The molecule has 0 spiro atoms. The smallest absolute Gasteiger partial charge is 0.211 e. The van der Waals surface area contributed by atoms with E-state index in [2.05, 4.69) is 4.98 Å². The summed E-state index contributed by atoms with van der Waals surface area (Å²) in [7, 11) is -3.27. The first-order chi connectivity index (χ1) is 10.0. The van der Waals surface area contributed by atoms with Gasteiger partial charge in [-0.2, -0.15) is 4.31 Å². The van der Waals surface area contributed by atoms with Crippen molar-refractivity contribution in [2.75, 3.05) is 12.8 Å². The van der Waals surface area contributed by atoms with Crippen LogP contribution in [0.4, 0.5) is 0 Å². The Bertz CT molecular complexity index is 712. The molecule has 0 aromatic carbocycles. The van der Waals surface area contributed by atoms with Crippen LogP contribution in [0.3, 0.4) is 0 Å².